The lowest BCUT2D eigenvalue weighted by Crippen LogP contribution is -2.25. The van der Waals surface area contributed by atoms with E-state index in [2.05, 4.69) is 6.92 Å². The Morgan fingerprint density at radius 3 is 1.70 bits per heavy atom. The van der Waals surface area contributed by atoms with E-state index in [1.807, 2.05) is 0 Å². The van der Waals surface area contributed by atoms with E-state index in [1.165, 1.54) is 57.1 Å². The summed E-state index contributed by atoms with van der Waals surface area (Å²) in [6.07, 6.45) is 13.2. The third-order valence-corrected chi connectivity index (χ3v) is 8.10. The summed E-state index contributed by atoms with van der Waals surface area (Å²) in [6, 6.07) is 3.81. The minimum Gasteiger partial charge on any atom is -0.206 e. The van der Waals surface area contributed by atoms with Gasteiger partial charge in [-0.25, -0.2) is 22.0 Å². The minimum atomic E-state index is -1.65. The molecule has 33 heavy (non-hydrogen) atoms. The molecule has 0 spiro atoms. The molecule has 0 atom stereocenters. The molecule has 0 radical (unpaired) electrons. The lowest BCUT2D eigenvalue weighted by atomic mass is 9.68. The highest BCUT2D eigenvalue weighted by atomic mass is 19.2. The Morgan fingerprint density at radius 2 is 1.18 bits per heavy atom. The lowest BCUT2D eigenvalue weighted by molar-refractivity contribution is 0.156. The molecule has 0 amide bonds. The molecule has 0 saturated heterocycles. The molecule has 0 bridgehead atoms. The summed E-state index contributed by atoms with van der Waals surface area (Å²) in [5.74, 6) is -3.87. The van der Waals surface area contributed by atoms with Crippen molar-refractivity contribution in [3.05, 3.63) is 58.9 Å². The number of rotatable bonds is 6. The van der Waals surface area contributed by atoms with Gasteiger partial charge in [0.2, 0.25) is 0 Å². The predicted octanol–water partition coefficient (Wildman–Crippen LogP) is 9.32. The van der Waals surface area contributed by atoms with Crippen molar-refractivity contribution in [3.63, 3.8) is 0 Å². The van der Waals surface area contributed by atoms with Gasteiger partial charge in [0.05, 0.1) is 5.56 Å². The maximum Gasteiger partial charge on any atom is 0.194 e. The third-order valence-electron chi connectivity index (χ3n) is 8.10. The van der Waals surface area contributed by atoms with Gasteiger partial charge in [-0.1, -0.05) is 39.0 Å². The topological polar surface area (TPSA) is 0 Å². The van der Waals surface area contributed by atoms with Crippen LogP contribution in [0.2, 0.25) is 0 Å². The molecule has 0 N–H and O–H groups in total. The fraction of sp³-hybridized carbons (Fsp3) is 0.571. The standard InChI is InChI=1S/C28H33F5/c1-2-3-4-17-5-7-18(8-6-17)19-9-11-20(12-10-19)21-13-23(29)27(24(30)14-21)22-15-25(31)28(33)26(32)16-22/h13-20H,2-12H2,1H3. The Balaban J connectivity index is 1.39. The molecule has 4 rings (SSSR count). The molecule has 5 heteroatoms. The van der Waals surface area contributed by atoms with Crippen molar-refractivity contribution >= 4 is 0 Å². The van der Waals surface area contributed by atoms with E-state index in [-0.39, 0.29) is 11.5 Å². The van der Waals surface area contributed by atoms with Crippen molar-refractivity contribution in [1.29, 1.82) is 0 Å². The Labute approximate surface area is 193 Å². The predicted molar refractivity (Wildman–Crippen MR) is 121 cm³/mol. The minimum absolute atomic E-state index is 0.0851. The molecule has 2 aromatic carbocycles. The molecule has 0 unspecified atom stereocenters. The summed E-state index contributed by atoms with van der Waals surface area (Å²) in [5, 5.41) is 0. The van der Waals surface area contributed by atoms with E-state index in [4.69, 9.17) is 0 Å². The normalized spacial score (nSPS) is 25.9. The van der Waals surface area contributed by atoms with E-state index < -0.39 is 34.6 Å². The maximum atomic E-state index is 14.8. The fourth-order valence-electron chi connectivity index (χ4n) is 6.17. The smallest absolute Gasteiger partial charge is 0.194 e. The van der Waals surface area contributed by atoms with Crippen LogP contribution in [0.5, 0.6) is 0 Å². The Morgan fingerprint density at radius 1 is 0.667 bits per heavy atom. The quantitative estimate of drug-likeness (QED) is 0.295. The zero-order valence-corrected chi connectivity index (χ0v) is 19.3. The highest BCUT2D eigenvalue weighted by Crippen LogP contribution is 2.45. The molecule has 0 aliphatic heterocycles. The largest absolute Gasteiger partial charge is 0.206 e. The van der Waals surface area contributed by atoms with E-state index in [9.17, 15) is 22.0 Å². The molecule has 180 valence electrons. The molecular weight excluding hydrogens is 431 g/mol. The van der Waals surface area contributed by atoms with Crippen molar-refractivity contribution in [1.82, 2.24) is 0 Å². The molecule has 2 aliphatic rings. The summed E-state index contributed by atoms with van der Waals surface area (Å²) in [6.45, 7) is 2.25. The van der Waals surface area contributed by atoms with Crippen molar-refractivity contribution in [2.75, 3.05) is 0 Å². The first-order valence-corrected chi connectivity index (χ1v) is 12.5. The molecule has 0 heterocycles. The van der Waals surface area contributed by atoms with Gasteiger partial charge in [-0.05, 0) is 97.6 Å². The van der Waals surface area contributed by atoms with Crippen molar-refractivity contribution in [2.24, 2.45) is 17.8 Å². The third kappa shape index (κ3) is 5.44. The van der Waals surface area contributed by atoms with E-state index >= 15 is 0 Å². The molecule has 2 saturated carbocycles. The molecular formula is C28H33F5. The van der Waals surface area contributed by atoms with Crippen LogP contribution in [0.1, 0.15) is 89.0 Å². The first kappa shape index (κ1) is 24.2. The van der Waals surface area contributed by atoms with Crippen LogP contribution in [0.3, 0.4) is 0 Å². The first-order valence-electron chi connectivity index (χ1n) is 12.5. The summed E-state index contributed by atoms with van der Waals surface area (Å²) in [5.41, 5.74) is -0.269. The van der Waals surface area contributed by atoms with Gasteiger partial charge in [0.25, 0.3) is 0 Å². The van der Waals surface area contributed by atoms with E-state index in [0.717, 1.165) is 37.5 Å². The maximum absolute atomic E-state index is 14.8. The van der Waals surface area contributed by atoms with Crippen LogP contribution in [0.4, 0.5) is 22.0 Å². The lowest BCUT2D eigenvalue weighted by Gasteiger charge is -2.38. The summed E-state index contributed by atoms with van der Waals surface area (Å²) in [7, 11) is 0. The molecule has 2 aliphatic carbocycles. The zero-order valence-electron chi connectivity index (χ0n) is 19.3. The number of hydrogen-bond donors (Lipinski definition) is 0. The molecule has 2 fully saturated rings. The SMILES string of the molecule is CCCCC1CCC(C2CCC(c3cc(F)c(-c4cc(F)c(F)c(F)c4)c(F)c3)CC2)CC1. The summed E-state index contributed by atoms with van der Waals surface area (Å²) >= 11 is 0. The average Bonchev–Trinajstić information content (AvgIpc) is 2.81. The van der Waals surface area contributed by atoms with Gasteiger partial charge < -0.3 is 0 Å². The van der Waals surface area contributed by atoms with Crippen molar-refractivity contribution in [2.45, 2.75) is 83.5 Å². The zero-order chi connectivity index (χ0) is 23.5. The van der Waals surface area contributed by atoms with Crippen LogP contribution in [0.25, 0.3) is 11.1 Å². The van der Waals surface area contributed by atoms with E-state index in [0.29, 0.717) is 23.6 Å². The molecule has 2 aromatic rings. The Bertz CT molecular complexity index is 907. The van der Waals surface area contributed by atoms with Gasteiger partial charge >= 0.3 is 0 Å². The van der Waals surface area contributed by atoms with Crippen LogP contribution >= 0.6 is 0 Å². The summed E-state index contributed by atoms with van der Waals surface area (Å²) < 4.78 is 70.0. The van der Waals surface area contributed by atoms with Gasteiger partial charge in [-0.3, -0.25) is 0 Å². The van der Waals surface area contributed by atoms with Crippen LogP contribution < -0.4 is 0 Å². The monoisotopic (exact) mass is 464 g/mol. The molecule has 0 aromatic heterocycles. The van der Waals surface area contributed by atoms with Gasteiger partial charge in [0, 0.05) is 0 Å². The van der Waals surface area contributed by atoms with Gasteiger partial charge in [0.1, 0.15) is 11.6 Å². The van der Waals surface area contributed by atoms with Crippen LogP contribution in [0, 0.1) is 46.8 Å². The number of benzene rings is 2. The van der Waals surface area contributed by atoms with E-state index in [1.54, 1.807) is 0 Å². The molecule has 0 nitrogen and oxygen atoms in total. The number of hydrogen-bond acceptors (Lipinski definition) is 0. The number of unbranched alkanes of at least 4 members (excludes halogenated alkanes) is 1. The number of halogens is 5. The Kier molecular flexibility index (Phi) is 7.76. The van der Waals surface area contributed by atoms with Crippen LogP contribution in [-0.2, 0) is 0 Å². The second-order valence-electron chi connectivity index (χ2n) is 10.1. The Hall–Kier alpha value is -1.91. The highest BCUT2D eigenvalue weighted by molar-refractivity contribution is 5.65. The van der Waals surface area contributed by atoms with Crippen LogP contribution in [-0.4, -0.2) is 0 Å². The summed E-state index contributed by atoms with van der Waals surface area (Å²) in [4.78, 5) is 0. The van der Waals surface area contributed by atoms with Gasteiger partial charge in [0.15, 0.2) is 17.5 Å². The van der Waals surface area contributed by atoms with Crippen molar-refractivity contribution in [3.8, 4) is 11.1 Å². The fourth-order valence-corrected chi connectivity index (χ4v) is 6.17. The van der Waals surface area contributed by atoms with Crippen molar-refractivity contribution < 1.29 is 22.0 Å². The van der Waals surface area contributed by atoms with Crippen LogP contribution in [0.15, 0.2) is 24.3 Å². The second kappa shape index (κ2) is 10.6. The van der Waals surface area contributed by atoms with Gasteiger partial charge in [-0.15, -0.1) is 0 Å². The first-order chi connectivity index (χ1) is 15.9. The van der Waals surface area contributed by atoms with Gasteiger partial charge in [-0.2, -0.15) is 0 Å². The second-order valence-corrected chi connectivity index (χ2v) is 10.1. The average molecular weight is 465 g/mol. The highest BCUT2D eigenvalue weighted by Gasteiger charge is 2.32.